The minimum absolute atomic E-state index is 0.0905. The van der Waals surface area contributed by atoms with Gasteiger partial charge in [-0.2, -0.15) is 5.10 Å². The van der Waals surface area contributed by atoms with E-state index in [0.717, 1.165) is 0 Å². The fourth-order valence-corrected chi connectivity index (χ4v) is 2.56. The molecule has 3 aromatic rings. The number of aromatic amines is 1. The Bertz CT molecular complexity index is 989. The molecule has 4 N–H and O–H groups in total. The highest BCUT2D eigenvalue weighted by Gasteiger charge is 2.12. The number of nitrogens with one attached hydrogen (secondary N) is 2. The Morgan fingerprint density at radius 3 is 2.84 bits per heavy atom. The van der Waals surface area contributed by atoms with Gasteiger partial charge in [0, 0.05) is 36.3 Å². The largest absolute Gasteiger partial charge is 0.364 e. The zero-order chi connectivity index (χ0) is 17.8. The molecular weight excluding hydrogens is 322 g/mol. The lowest BCUT2D eigenvalue weighted by Crippen LogP contribution is -2.19. The molecule has 0 aliphatic carbocycles. The van der Waals surface area contributed by atoms with E-state index in [1.54, 1.807) is 41.1 Å². The van der Waals surface area contributed by atoms with Crippen molar-refractivity contribution in [3.63, 3.8) is 0 Å². The molecule has 0 aliphatic rings. The monoisotopic (exact) mass is 339 g/mol. The third-order valence-electron chi connectivity index (χ3n) is 3.78. The van der Waals surface area contributed by atoms with Crippen molar-refractivity contribution in [2.45, 2.75) is 19.4 Å². The molecule has 0 aliphatic heterocycles. The fourth-order valence-electron chi connectivity index (χ4n) is 2.56. The molecule has 2 amide bonds. The van der Waals surface area contributed by atoms with E-state index >= 15 is 0 Å². The number of carbonyl (C=O) groups is 2. The normalized spacial score (nSPS) is 10.7. The summed E-state index contributed by atoms with van der Waals surface area (Å²) in [5, 5.41) is 9.90. The van der Waals surface area contributed by atoms with E-state index in [2.05, 4.69) is 15.5 Å². The minimum atomic E-state index is -0.636. The Morgan fingerprint density at radius 2 is 2.08 bits per heavy atom. The second kappa shape index (κ2) is 7.00. The van der Waals surface area contributed by atoms with Crippen LogP contribution in [0.15, 0.2) is 47.4 Å². The molecule has 8 heteroatoms. The number of nitrogens with two attached hydrogens (primary N) is 1. The number of rotatable bonds is 6. The summed E-state index contributed by atoms with van der Waals surface area (Å²) in [6.07, 6.45) is 2.50. The van der Waals surface area contributed by atoms with Crippen molar-refractivity contribution in [2.24, 2.45) is 5.73 Å². The zero-order valence-electron chi connectivity index (χ0n) is 13.4. The number of carbonyl (C=O) groups excluding carboxylic acids is 2. The summed E-state index contributed by atoms with van der Waals surface area (Å²) in [5.41, 5.74) is 6.53. The second-order valence-corrected chi connectivity index (χ2v) is 5.58. The van der Waals surface area contributed by atoms with Crippen molar-refractivity contribution < 1.29 is 9.59 Å². The molecule has 2 aromatic heterocycles. The van der Waals surface area contributed by atoms with E-state index in [-0.39, 0.29) is 23.6 Å². The molecule has 128 valence electrons. The van der Waals surface area contributed by atoms with Gasteiger partial charge in [-0.1, -0.05) is 6.07 Å². The number of benzene rings is 1. The molecule has 3 rings (SSSR count). The first-order chi connectivity index (χ1) is 12.0. The number of pyridine rings is 1. The molecule has 0 fully saturated rings. The molecule has 8 nitrogen and oxygen atoms in total. The van der Waals surface area contributed by atoms with Gasteiger partial charge in [0.2, 0.25) is 11.5 Å². The molecule has 25 heavy (non-hydrogen) atoms. The van der Waals surface area contributed by atoms with E-state index in [4.69, 9.17) is 5.73 Å². The van der Waals surface area contributed by atoms with Crippen LogP contribution < -0.4 is 16.6 Å². The predicted molar refractivity (Wildman–Crippen MR) is 93.2 cm³/mol. The first-order valence-corrected chi connectivity index (χ1v) is 7.78. The van der Waals surface area contributed by atoms with Crippen LogP contribution in [-0.2, 0) is 11.3 Å². The number of H-pyrrole nitrogens is 1. The highest BCUT2D eigenvalue weighted by Crippen LogP contribution is 2.20. The highest BCUT2D eigenvalue weighted by molar-refractivity contribution is 6.05. The number of aromatic nitrogens is 3. The third kappa shape index (κ3) is 3.74. The fraction of sp³-hybridized carbons (Fsp3) is 0.176. The first kappa shape index (κ1) is 16.4. The lowest BCUT2D eigenvalue weighted by atomic mass is 10.1. The number of aryl methyl sites for hydroxylation is 1. The number of amides is 2. The molecule has 0 atom stereocenters. The van der Waals surface area contributed by atoms with Gasteiger partial charge in [0.1, 0.15) is 0 Å². The van der Waals surface area contributed by atoms with Crippen molar-refractivity contribution in [3.8, 4) is 0 Å². The van der Waals surface area contributed by atoms with E-state index in [9.17, 15) is 14.4 Å². The summed E-state index contributed by atoms with van der Waals surface area (Å²) in [4.78, 5) is 35.0. The van der Waals surface area contributed by atoms with Crippen LogP contribution in [0.4, 0.5) is 5.69 Å². The molecule has 0 spiro atoms. The Morgan fingerprint density at radius 1 is 1.24 bits per heavy atom. The Labute approximate surface area is 142 Å². The lowest BCUT2D eigenvalue weighted by molar-refractivity contribution is -0.116. The number of hydrogen-bond donors (Lipinski definition) is 3. The van der Waals surface area contributed by atoms with Crippen LogP contribution in [0.2, 0.25) is 0 Å². The van der Waals surface area contributed by atoms with Crippen molar-refractivity contribution in [1.29, 1.82) is 0 Å². The Kier molecular flexibility index (Phi) is 4.60. The van der Waals surface area contributed by atoms with E-state index in [1.807, 2.05) is 0 Å². The number of anilines is 1. The number of hydrogen-bond acceptors (Lipinski definition) is 4. The molecule has 0 bridgehead atoms. The molecule has 0 radical (unpaired) electrons. The molecule has 0 saturated carbocycles. The van der Waals surface area contributed by atoms with Crippen LogP contribution in [0.1, 0.15) is 23.3 Å². The van der Waals surface area contributed by atoms with Crippen molar-refractivity contribution in [2.75, 3.05) is 5.32 Å². The van der Waals surface area contributed by atoms with Crippen LogP contribution in [0.5, 0.6) is 0 Å². The second-order valence-electron chi connectivity index (χ2n) is 5.58. The molecule has 2 heterocycles. The van der Waals surface area contributed by atoms with Gasteiger partial charge in [0.15, 0.2) is 5.69 Å². The minimum Gasteiger partial charge on any atom is -0.364 e. The summed E-state index contributed by atoms with van der Waals surface area (Å²) in [6, 6.07) is 10.0. The summed E-state index contributed by atoms with van der Waals surface area (Å²) >= 11 is 0. The number of nitrogens with zero attached hydrogens (tertiary/aromatic N) is 2. The van der Waals surface area contributed by atoms with Crippen LogP contribution in [-0.4, -0.2) is 26.6 Å². The Balaban J connectivity index is 1.62. The average molecular weight is 339 g/mol. The maximum Gasteiger partial charge on any atom is 0.269 e. The van der Waals surface area contributed by atoms with Gasteiger partial charge in [-0.15, -0.1) is 0 Å². The maximum atomic E-state index is 12.1. The molecule has 1 aromatic carbocycles. The van der Waals surface area contributed by atoms with Crippen LogP contribution in [0.25, 0.3) is 10.9 Å². The standard InChI is InChI=1S/C17H17N5O3/c18-17(25)16-12-10-11(6-7-13(12)20-21-16)19-14(23)4-3-9-22-8-2-1-5-15(22)24/h1-2,5-8,10H,3-4,9H2,(H2,18,25)(H,19,23)(H,20,21). The van der Waals surface area contributed by atoms with Gasteiger partial charge in [-0.3, -0.25) is 19.5 Å². The SMILES string of the molecule is NC(=O)c1n[nH]c2ccc(NC(=O)CCCn3ccccc3=O)cc12. The maximum absolute atomic E-state index is 12.1. The summed E-state index contributed by atoms with van der Waals surface area (Å²) in [6.45, 7) is 0.472. The van der Waals surface area contributed by atoms with Gasteiger partial charge >= 0.3 is 0 Å². The van der Waals surface area contributed by atoms with Gasteiger partial charge in [-0.25, -0.2) is 0 Å². The van der Waals surface area contributed by atoms with Gasteiger partial charge in [0.05, 0.1) is 5.52 Å². The van der Waals surface area contributed by atoms with Crippen molar-refractivity contribution in [1.82, 2.24) is 14.8 Å². The topological polar surface area (TPSA) is 123 Å². The molecule has 0 unspecified atom stereocenters. The van der Waals surface area contributed by atoms with Gasteiger partial charge < -0.3 is 15.6 Å². The smallest absolute Gasteiger partial charge is 0.269 e. The lowest BCUT2D eigenvalue weighted by Gasteiger charge is -2.07. The summed E-state index contributed by atoms with van der Waals surface area (Å²) in [5.74, 6) is -0.810. The van der Waals surface area contributed by atoms with E-state index in [0.29, 0.717) is 29.6 Å². The van der Waals surface area contributed by atoms with Crippen LogP contribution in [0.3, 0.4) is 0 Å². The highest BCUT2D eigenvalue weighted by atomic mass is 16.2. The summed E-state index contributed by atoms with van der Waals surface area (Å²) in [7, 11) is 0. The zero-order valence-corrected chi connectivity index (χ0v) is 13.4. The van der Waals surface area contributed by atoms with Crippen LogP contribution >= 0.6 is 0 Å². The predicted octanol–water partition coefficient (Wildman–Crippen LogP) is 1.24. The number of primary amides is 1. The van der Waals surface area contributed by atoms with Crippen molar-refractivity contribution >= 4 is 28.4 Å². The Hall–Kier alpha value is -3.42. The van der Waals surface area contributed by atoms with E-state index in [1.165, 1.54) is 6.07 Å². The van der Waals surface area contributed by atoms with Crippen molar-refractivity contribution in [3.05, 3.63) is 58.6 Å². The molecule has 0 saturated heterocycles. The average Bonchev–Trinajstić information content (AvgIpc) is 3.00. The summed E-state index contributed by atoms with van der Waals surface area (Å²) < 4.78 is 1.56. The number of fused-ring (bicyclic) bond motifs is 1. The first-order valence-electron chi connectivity index (χ1n) is 7.78. The molecular formula is C17H17N5O3. The van der Waals surface area contributed by atoms with Gasteiger partial charge in [0.25, 0.3) is 5.91 Å². The third-order valence-corrected chi connectivity index (χ3v) is 3.78. The van der Waals surface area contributed by atoms with E-state index < -0.39 is 5.91 Å². The van der Waals surface area contributed by atoms with Gasteiger partial charge in [-0.05, 0) is 30.7 Å². The quantitative estimate of drug-likeness (QED) is 0.625. The van der Waals surface area contributed by atoms with Crippen LogP contribution in [0, 0.1) is 0 Å².